The molecule has 0 aliphatic heterocycles. The van der Waals surface area contributed by atoms with Crippen molar-refractivity contribution in [2.24, 2.45) is 5.73 Å². The summed E-state index contributed by atoms with van der Waals surface area (Å²) in [7, 11) is 1.62. The van der Waals surface area contributed by atoms with E-state index in [1.54, 1.807) is 13.4 Å². The lowest BCUT2D eigenvalue weighted by molar-refractivity contribution is 0.419. The fourth-order valence-electron chi connectivity index (χ4n) is 1.83. The van der Waals surface area contributed by atoms with Gasteiger partial charge in [-0.25, -0.2) is 0 Å². The van der Waals surface area contributed by atoms with Gasteiger partial charge in [-0.05, 0) is 24.1 Å². The van der Waals surface area contributed by atoms with E-state index in [1.807, 2.05) is 24.4 Å². The van der Waals surface area contributed by atoms with Crippen LogP contribution in [-0.4, -0.2) is 24.4 Å². The summed E-state index contributed by atoms with van der Waals surface area (Å²) < 4.78 is 5.28. The summed E-state index contributed by atoms with van der Waals surface area (Å²) in [6, 6.07) is 5.16. The highest BCUT2D eigenvalue weighted by atomic mass is 16.5. The first kappa shape index (κ1) is 10.7. The van der Waals surface area contributed by atoms with E-state index in [-0.39, 0.29) is 0 Å². The number of nitrogens with one attached hydrogen (secondary N) is 1. The number of rotatable bonds is 4. The minimum Gasteiger partial charge on any atom is -0.496 e. The normalized spacial score (nSPS) is 12.6. The summed E-state index contributed by atoms with van der Waals surface area (Å²) >= 11 is 0. The van der Waals surface area contributed by atoms with Crippen LogP contribution in [0.5, 0.6) is 5.75 Å². The summed E-state index contributed by atoms with van der Waals surface area (Å²) in [5.74, 6) is 0.784. The van der Waals surface area contributed by atoms with Crippen molar-refractivity contribution in [3.05, 3.63) is 30.0 Å². The molecule has 1 aromatic carbocycles. The second kappa shape index (κ2) is 4.37. The van der Waals surface area contributed by atoms with E-state index < -0.39 is 6.04 Å². The van der Waals surface area contributed by atoms with Crippen molar-refractivity contribution in [1.29, 1.82) is 0 Å². The molecule has 0 amide bonds. The van der Waals surface area contributed by atoms with Crippen molar-refractivity contribution in [3.63, 3.8) is 0 Å². The van der Waals surface area contributed by atoms with Crippen LogP contribution in [0.2, 0.25) is 0 Å². The summed E-state index contributed by atoms with van der Waals surface area (Å²) in [6.07, 6.45) is 4.09. The molecule has 16 heavy (non-hydrogen) atoms. The molecule has 0 spiro atoms. The minimum atomic E-state index is -0.594. The van der Waals surface area contributed by atoms with Gasteiger partial charge < -0.3 is 15.5 Å². The SMILES string of the molecule is COc1cccc2[nH]cc(C[C@H](N)[C]=O)c12. The first-order valence-electron chi connectivity index (χ1n) is 5.02. The Morgan fingerprint density at radius 3 is 3.06 bits per heavy atom. The Bertz CT molecular complexity index is 505. The molecule has 0 unspecified atom stereocenters. The quantitative estimate of drug-likeness (QED) is 0.807. The standard InChI is InChI=1S/C12H13N2O2/c1-16-11-4-2-3-10-12(11)8(6-14-10)5-9(13)7-15/h2-4,6,9,14H,5,13H2,1H3/t9-/m0/s1. The number of H-pyrrole nitrogens is 1. The Morgan fingerprint density at radius 1 is 1.56 bits per heavy atom. The van der Waals surface area contributed by atoms with Crippen LogP contribution in [0.4, 0.5) is 0 Å². The molecule has 1 aromatic heterocycles. The third-order valence-corrected chi connectivity index (χ3v) is 2.56. The smallest absolute Gasteiger partial charge is 0.217 e. The summed E-state index contributed by atoms with van der Waals surface area (Å²) in [5.41, 5.74) is 7.52. The molecule has 3 N–H and O–H groups in total. The summed E-state index contributed by atoms with van der Waals surface area (Å²) in [5, 5.41) is 0.982. The molecule has 0 fully saturated rings. The van der Waals surface area contributed by atoms with Gasteiger partial charge in [0.2, 0.25) is 6.29 Å². The van der Waals surface area contributed by atoms with Crippen LogP contribution in [0.1, 0.15) is 5.56 Å². The first-order valence-corrected chi connectivity index (χ1v) is 5.02. The first-order chi connectivity index (χ1) is 7.76. The molecule has 0 saturated heterocycles. The summed E-state index contributed by atoms with van der Waals surface area (Å²) in [4.78, 5) is 13.6. The van der Waals surface area contributed by atoms with E-state index >= 15 is 0 Å². The van der Waals surface area contributed by atoms with E-state index in [0.717, 1.165) is 22.2 Å². The van der Waals surface area contributed by atoms with Gasteiger partial charge in [-0.2, -0.15) is 0 Å². The number of aromatic nitrogens is 1. The molecule has 2 rings (SSSR count). The Labute approximate surface area is 93.4 Å². The number of aromatic amines is 1. The molecule has 0 bridgehead atoms. The molecule has 1 radical (unpaired) electrons. The Balaban J connectivity index is 2.49. The van der Waals surface area contributed by atoms with E-state index in [2.05, 4.69) is 4.98 Å². The van der Waals surface area contributed by atoms with Gasteiger partial charge in [0, 0.05) is 17.1 Å². The minimum absolute atomic E-state index is 0.462. The molecule has 0 aliphatic rings. The molecule has 0 saturated carbocycles. The molecule has 4 heteroatoms. The van der Waals surface area contributed by atoms with E-state index in [4.69, 9.17) is 10.5 Å². The fraction of sp³-hybridized carbons (Fsp3) is 0.250. The van der Waals surface area contributed by atoms with Gasteiger partial charge in [0.05, 0.1) is 13.2 Å². The van der Waals surface area contributed by atoms with Gasteiger partial charge in [0.15, 0.2) is 0 Å². The van der Waals surface area contributed by atoms with Crippen molar-refractivity contribution in [2.45, 2.75) is 12.5 Å². The van der Waals surface area contributed by atoms with Crippen LogP contribution in [-0.2, 0) is 11.2 Å². The zero-order chi connectivity index (χ0) is 11.5. The van der Waals surface area contributed by atoms with Crippen molar-refractivity contribution < 1.29 is 9.53 Å². The highest BCUT2D eigenvalue weighted by molar-refractivity contribution is 5.89. The molecule has 83 valence electrons. The number of methoxy groups -OCH3 is 1. The van der Waals surface area contributed by atoms with Crippen LogP contribution in [0.25, 0.3) is 10.9 Å². The largest absolute Gasteiger partial charge is 0.496 e. The predicted octanol–water partition coefficient (Wildman–Crippen LogP) is 1.16. The number of ether oxygens (including phenoxy) is 1. The predicted molar refractivity (Wildman–Crippen MR) is 62.2 cm³/mol. The van der Waals surface area contributed by atoms with Gasteiger partial charge >= 0.3 is 0 Å². The number of carbonyl (C=O) groups excluding carboxylic acids is 1. The van der Waals surface area contributed by atoms with Crippen molar-refractivity contribution in [1.82, 2.24) is 4.98 Å². The monoisotopic (exact) mass is 217 g/mol. The molecular weight excluding hydrogens is 204 g/mol. The Hall–Kier alpha value is -1.81. The molecular formula is C12H13N2O2. The number of fused-ring (bicyclic) bond motifs is 1. The number of nitrogens with two attached hydrogens (primary N) is 1. The molecule has 0 aliphatic carbocycles. The second-order valence-corrected chi connectivity index (χ2v) is 3.63. The average Bonchev–Trinajstić information content (AvgIpc) is 2.72. The van der Waals surface area contributed by atoms with Crippen LogP contribution in [0.15, 0.2) is 24.4 Å². The van der Waals surface area contributed by atoms with Crippen LogP contribution in [0.3, 0.4) is 0 Å². The van der Waals surface area contributed by atoms with E-state index in [0.29, 0.717) is 6.42 Å². The summed E-state index contributed by atoms with van der Waals surface area (Å²) in [6.45, 7) is 0. The lowest BCUT2D eigenvalue weighted by atomic mass is 10.1. The molecule has 1 heterocycles. The zero-order valence-corrected chi connectivity index (χ0v) is 8.99. The highest BCUT2D eigenvalue weighted by Crippen LogP contribution is 2.28. The third-order valence-electron chi connectivity index (χ3n) is 2.56. The van der Waals surface area contributed by atoms with Crippen LogP contribution in [0, 0.1) is 0 Å². The van der Waals surface area contributed by atoms with Gasteiger partial charge in [-0.1, -0.05) is 6.07 Å². The topological polar surface area (TPSA) is 68.1 Å². The maximum Gasteiger partial charge on any atom is 0.217 e. The van der Waals surface area contributed by atoms with Crippen molar-refractivity contribution in [3.8, 4) is 5.75 Å². The fourth-order valence-corrected chi connectivity index (χ4v) is 1.83. The van der Waals surface area contributed by atoms with Gasteiger partial charge in [-0.15, -0.1) is 0 Å². The number of hydrogen-bond donors (Lipinski definition) is 2. The molecule has 1 atom stereocenters. The lowest BCUT2D eigenvalue weighted by Crippen LogP contribution is -2.23. The third kappa shape index (κ3) is 1.79. The highest BCUT2D eigenvalue weighted by Gasteiger charge is 2.11. The lowest BCUT2D eigenvalue weighted by Gasteiger charge is -2.05. The van der Waals surface area contributed by atoms with Gasteiger partial charge in [0.25, 0.3) is 0 Å². The van der Waals surface area contributed by atoms with Gasteiger partial charge in [-0.3, -0.25) is 4.79 Å². The van der Waals surface area contributed by atoms with E-state index in [1.165, 1.54) is 0 Å². The second-order valence-electron chi connectivity index (χ2n) is 3.63. The van der Waals surface area contributed by atoms with Crippen molar-refractivity contribution in [2.75, 3.05) is 7.11 Å². The maximum atomic E-state index is 10.4. The molecule has 2 aromatic rings. The average molecular weight is 217 g/mol. The number of hydrogen-bond acceptors (Lipinski definition) is 3. The van der Waals surface area contributed by atoms with Crippen LogP contribution >= 0.6 is 0 Å². The molecule has 4 nitrogen and oxygen atoms in total. The van der Waals surface area contributed by atoms with E-state index in [9.17, 15) is 4.79 Å². The maximum absolute atomic E-state index is 10.4. The van der Waals surface area contributed by atoms with Crippen LogP contribution < -0.4 is 10.5 Å². The number of benzene rings is 1. The van der Waals surface area contributed by atoms with Crippen molar-refractivity contribution >= 4 is 17.2 Å². The Kier molecular flexibility index (Phi) is 2.92. The Morgan fingerprint density at radius 2 is 2.38 bits per heavy atom. The van der Waals surface area contributed by atoms with Gasteiger partial charge in [0.1, 0.15) is 5.75 Å². The zero-order valence-electron chi connectivity index (χ0n) is 8.99.